The van der Waals surface area contributed by atoms with Gasteiger partial charge in [-0.2, -0.15) is 0 Å². The molecular weight excluding hydrogens is 304 g/mol. The summed E-state index contributed by atoms with van der Waals surface area (Å²) in [6.45, 7) is 2.07. The summed E-state index contributed by atoms with van der Waals surface area (Å²) in [6, 6.07) is 8.31. The van der Waals surface area contributed by atoms with Gasteiger partial charge >= 0.3 is 0 Å². The predicted octanol–water partition coefficient (Wildman–Crippen LogP) is 2.54. The molecule has 1 aromatic rings. The fraction of sp³-hybridized carbons (Fsp3) is 0.600. The Morgan fingerprint density at radius 1 is 1.47 bits per heavy atom. The topological polar surface area (TPSA) is 49.5 Å². The van der Waals surface area contributed by atoms with E-state index in [9.17, 15) is 5.11 Å². The van der Waals surface area contributed by atoms with Crippen LogP contribution in [0.2, 0.25) is 0 Å². The number of aliphatic hydroxyl groups is 1. The molecule has 1 aliphatic carbocycles. The molecule has 0 aliphatic heterocycles. The summed E-state index contributed by atoms with van der Waals surface area (Å²) >= 11 is 3.48. The number of halogens is 1. The second-order valence-electron chi connectivity index (χ2n) is 5.70. The fourth-order valence-electron chi connectivity index (χ4n) is 2.65. The van der Waals surface area contributed by atoms with Gasteiger partial charge in [0.2, 0.25) is 0 Å². The van der Waals surface area contributed by atoms with Crippen molar-refractivity contribution in [1.82, 2.24) is 4.90 Å². The van der Waals surface area contributed by atoms with Gasteiger partial charge in [-0.25, -0.2) is 0 Å². The Labute approximate surface area is 123 Å². The van der Waals surface area contributed by atoms with Gasteiger partial charge < -0.3 is 15.7 Å². The van der Waals surface area contributed by atoms with E-state index in [1.54, 1.807) is 0 Å². The van der Waals surface area contributed by atoms with Gasteiger partial charge in [-0.15, -0.1) is 0 Å². The van der Waals surface area contributed by atoms with Crippen LogP contribution in [0.15, 0.2) is 28.7 Å². The van der Waals surface area contributed by atoms with Crippen molar-refractivity contribution in [2.45, 2.75) is 31.4 Å². The zero-order valence-electron chi connectivity index (χ0n) is 11.4. The van der Waals surface area contributed by atoms with Gasteiger partial charge in [0.25, 0.3) is 0 Å². The Kier molecular flexibility index (Phi) is 5.39. The van der Waals surface area contributed by atoms with E-state index in [4.69, 9.17) is 5.73 Å². The third-order valence-corrected chi connectivity index (χ3v) is 4.37. The van der Waals surface area contributed by atoms with E-state index in [1.807, 2.05) is 12.1 Å². The summed E-state index contributed by atoms with van der Waals surface area (Å²) in [7, 11) is 2.14. The Balaban J connectivity index is 1.72. The molecule has 1 fully saturated rings. The first kappa shape index (κ1) is 15.0. The normalized spacial score (nSPS) is 24.3. The van der Waals surface area contributed by atoms with E-state index in [1.165, 1.54) is 5.56 Å². The molecule has 106 valence electrons. The van der Waals surface area contributed by atoms with Crippen LogP contribution in [0.4, 0.5) is 0 Å². The molecule has 0 bridgehead atoms. The highest BCUT2D eigenvalue weighted by molar-refractivity contribution is 9.10. The van der Waals surface area contributed by atoms with E-state index >= 15 is 0 Å². The molecule has 0 spiro atoms. The van der Waals surface area contributed by atoms with Gasteiger partial charge in [0, 0.05) is 17.1 Å². The maximum atomic E-state index is 9.28. The minimum atomic E-state index is -0.0534. The fourth-order valence-corrected chi connectivity index (χ4v) is 3.06. The molecule has 0 heterocycles. The zero-order chi connectivity index (χ0) is 13.8. The van der Waals surface area contributed by atoms with Gasteiger partial charge in [-0.05, 0) is 56.5 Å². The minimum Gasteiger partial charge on any atom is -0.393 e. The lowest BCUT2D eigenvalue weighted by Crippen LogP contribution is -2.37. The number of nitrogens with zero attached hydrogens (tertiary/aromatic N) is 1. The molecule has 0 saturated heterocycles. The van der Waals surface area contributed by atoms with E-state index in [0.717, 1.165) is 36.8 Å². The molecule has 1 saturated carbocycles. The molecule has 1 aliphatic rings. The van der Waals surface area contributed by atoms with Gasteiger partial charge in [0.05, 0.1) is 6.10 Å². The maximum absolute atomic E-state index is 9.28. The van der Waals surface area contributed by atoms with Crippen molar-refractivity contribution in [3.8, 4) is 0 Å². The molecular formula is C15H23BrN2O. The highest BCUT2D eigenvalue weighted by Crippen LogP contribution is 2.27. The van der Waals surface area contributed by atoms with Crippen molar-refractivity contribution in [1.29, 1.82) is 0 Å². The van der Waals surface area contributed by atoms with Gasteiger partial charge in [-0.3, -0.25) is 0 Å². The van der Waals surface area contributed by atoms with Crippen LogP contribution in [-0.2, 0) is 0 Å². The number of hydrogen-bond acceptors (Lipinski definition) is 3. The van der Waals surface area contributed by atoms with Crippen LogP contribution in [0.3, 0.4) is 0 Å². The van der Waals surface area contributed by atoms with E-state index < -0.39 is 0 Å². The van der Waals surface area contributed by atoms with Crippen molar-refractivity contribution in [2.75, 3.05) is 20.1 Å². The number of nitrogens with two attached hydrogens (primary N) is 1. The largest absolute Gasteiger partial charge is 0.393 e. The SMILES string of the molecule is CN(CCC(N)c1cccc(Br)c1)CC1CC(O)C1. The maximum Gasteiger partial charge on any atom is 0.0546 e. The zero-order valence-corrected chi connectivity index (χ0v) is 13.0. The Bertz CT molecular complexity index is 407. The first-order chi connectivity index (χ1) is 9.04. The number of benzene rings is 1. The minimum absolute atomic E-state index is 0.0534. The van der Waals surface area contributed by atoms with Crippen molar-refractivity contribution in [3.05, 3.63) is 34.3 Å². The molecule has 19 heavy (non-hydrogen) atoms. The third kappa shape index (κ3) is 4.56. The molecule has 1 aromatic carbocycles. The number of hydrogen-bond donors (Lipinski definition) is 2. The van der Waals surface area contributed by atoms with Crippen LogP contribution in [0.1, 0.15) is 30.9 Å². The summed E-state index contributed by atoms with van der Waals surface area (Å²) in [5.41, 5.74) is 7.41. The lowest BCUT2D eigenvalue weighted by molar-refractivity contribution is 0.0280. The highest BCUT2D eigenvalue weighted by atomic mass is 79.9. The number of rotatable bonds is 6. The lowest BCUT2D eigenvalue weighted by atomic mass is 9.82. The molecule has 0 aromatic heterocycles. The molecule has 4 heteroatoms. The van der Waals surface area contributed by atoms with Crippen molar-refractivity contribution in [3.63, 3.8) is 0 Å². The van der Waals surface area contributed by atoms with Gasteiger partial charge in [-0.1, -0.05) is 28.1 Å². The molecule has 3 N–H and O–H groups in total. The molecule has 1 unspecified atom stereocenters. The second kappa shape index (κ2) is 6.84. The molecule has 3 nitrogen and oxygen atoms in total. The molecule has 0 radical (unpaired) electrons. The average molecular weight is 327 g/mol. The number of aliphatic hydroxyl groups excluding tert-OH is 1. The average Bonchev–Trinajstić information content (AvgIpc) is 2.34. The van der Waals surface area contributed by atoms with Gasteiger partial charge in [0.1, 0.15) is 0 Å². The van der Waals surface area contributed by atoms with Crippen molar-refractivity contribution in [2.24, 2.45) is 11.7 Å². The lowest BCUT2D eigenvalue weighted by Gasteiger charge is -2.34. The Morgan fingerprint density at radius 2 is 2.21 bits per heavy atom. The predicted molar refractivity (Wildman–Crippen MR) is 81.9 cm³/mol. The standard InChI is InChI=1S/C15H23BrN2O/c1-18(10-11-7-14(19)8-11)6-5-15(17)12-3-2-4-13(16)9-12/h2-4,9,11,14-15,19H,5-8,10,17H2,1H3. The van der Waals surface area contributed by atoms with Crippen LogP contribution >= 0.6 is 15.9 Å². The van der Waals surface area contributed by atoms with Crippen LogP contribution in [0, 0.1) is 5.92 Å². The summed E-state index contributed by atoms with van der Waals surface area (Å²) in [4.78, 5) is 2.33. The smallest absolute Gasteiger partial charge is 0.0546 e. The second-order valence-corrected chi connectivity index (χ2v) is 6.62. The van der Waals surface area contributed by atoms with Crippen molar-refractivity contribution < 1.29 is 5.11 Å². The monoisotopic (exact) mass is 326 g/mol. The Morgan fingerprint density at radius 3 is 2.84 bits per heavy atom. The third-order valence-electron chi connectivity index (χ3n) is 3.88. The van der Waals surface area contributed by atoms with Crippen LogP contribution < -0.4 is 5.73 Å². The summed E-state index contributed by atoms with van der Waals surface area (Å²) in [6.07, 6.45) is 2.83. The van der Waals surface area contributed by atoms with Crippen molar-refractivity contribution >= 4 is 15.9 Å². The quantitative estimate of drug-likeness (QED) is 0.844. The summed E-state index contributed by atoms with van der Waals surface area (Å²) < 4.78 is 1.08. The summed E-state index contributed by atoms with van der Waals surface area (Å²) in [5, 5.41) is 9.28. The van der Waals surface area contributed by atoms with Gasteiger partial charge in [0.15, 0.2) is 0 Å². The molecule has 2 rings (SSSR count). The van der Waals surface area contributed by atoms with Crippen LogP contribution in [0.25, 0.3) is 0 Å². The first-order valence-corrected chi connectivity index (χ1v) is 7.71. The molecule has 1 atom stereocenters. The van der Waals surface area contributed by atoms with E-state index in [-0.39, 0.29) is 12.1 Å². The highest BCUT2D eigenvalue weighted by Gasteiger charge is 2.27. The Hall–Kier alpha value is -0.420. The molecule has 0 amide bonds. The van der Waals surface area contributed by atoms with Crippen LogP contribution in [0.5, 0.6) is 0 Å². The van der Waals surface area contributed by atoms with E-state index in [2.05, 4.69) is 40.0 Å². The van der Waals surface area contributed by atoms with Crippen LogP contribution in [-0.4, -0.2) is 36.2 Å². The first-order valence-electron chi connectivity index (χ1n) is 6.92. The summed E-state index contributed by atoms with van der Waals surface area (Å²) in [5.74, 6) is 0.669. The van der Waals surface area contributed by atoms with E-state index in [0.29, 0.717) is 5.92 Å².